The van der Waals surface area contributed by atoms with Crippen LogP contribution >= 0.6 is 11.3 Å². The SMILES string of the molecule is CC1(c2ccsc2)NC(=O)N(Cc2nnnn2-c2ccc(C(F)(F)F)cc2)C1=O. The average molecular weight is 422 g/mol. The normalized spacial score (nSPS) is 19.7. The Kier molecular flexibility index (Phi) is 4.37. The number of urea groups is 1. The summed E-state index contributed by atoms with van der Waals surface area (Å²) in [6.07, 6.45) is -4.46. The quantitative estimate of drug-likeness (QED) is 0.653. The number of hydrogen-bond acceptors (Lipinski definition) is 6. The van der Waals surface area contributed by atoms with Gasteiger partial charge in [0, 0.05) is 0 Å². The van der Waals surface area contributed by atoms with Crippen molar-refractivity contribution in [3.8, 4) is 5.69 Å². The van der Waals surface area contributed by atoms with Crippen LogP contribution in [0, 0.1) is 0 Å². The van der Waals surface area contributed by atoms with Crippen LogP contribution in [0.5, 0.6) is 0 Å². The monoisotopic (exact) mass is 422 g/mol. The van der Waals surface area contributed by atoms with Crippen LogP contribution < -0.4 is 5.32 Å². The van der Waals surface area contributed by atoms with Crippen molar-refractivity contribution in [1.82, 2.24) is 30.4 Å². The van der Waals surface area contributed by atoms with Gasteiger partial charge in [-0.2, -0.15) is 29.2 Å². The Hall–Kier alpha value is -3.28. The third kappa shape index (κ3) is 3.24. The number of alkyl halides is 3. The minimum atomic E-state index is -4.46. The Morgan fingerprint density at radius 2 is 1.90 bits per heavy atom. The fraction of sp³-hybridized carbons (Fsp3) is 0.235. The number of thiophene rings is 1. The molecule has 3 aromatic rings. The second-order valence-corrected chi connectivity index (χ2v) is 7.29. The lowest BCUT2D eigenvalue weighted by molar-refractivity contribution is -0.137. The number of carbonyl (C=O) groups excluding carboxylic acids is 2. The largest absolute Gasteiger partial charge is 0.416 e. The summed E-state index contributed by atoms with van der Waals surface area (Å²) in [4.78, 5) is 26.3. The van der Waals surface area contributed by atoms with Crippen molar-refractivity contribution in [2.45, 2.75) is 25.2 Å². The van der Waals surface area contributed by atoms with E-state index in [1.54, 1.807) is 23.8 Å². The van der Waals surface area contributed by atoms with E-state index in [1.165, 1.54) is 28.2 Å². The molecule has 1 fully saturated rings. The zero-order valence-corrected chi connectivity index (χ0v) is 15.7. The molecular formula is C17H13F3N6O2S. The molecule has 0 radical (unpaired) electrons. The summed E-state index contributed by atoms with van der Waals surface area (Å²) in [5.74, 6) is -0.342. The molecule has 0 saturated carbocycles. The number of rotatable bonds is 4. The predicted octanol–water partition coefficient (Wildman–Crippen LogP) is 2.71. The summed E-state index contributed by atoms with van der Waals surface area (Å²) < 4.78 is 39.4. The van der Waals surface area contributed by atoms with Crippen molar-refractivity contribution in [2.75, 3.05) is 0 Å². The first-order chi connectivity index (χ1) is 13.7. The van der Waals surface area contributed by atoms with Crippen LogP contribution in [0.3, 0.4) is 0 Å². The average Bonchev–Trinajstić information content (AvgIpc) is 3.40. The summed E-state index contributed by atoms with van der Waals surface area (Å²) in [6.45, 7) is 1.37. The third-order valence-electron chi connectivity index (χ3n) is 4.65. The summed E-state index contributed by atoms with van der Waals surface area (Å²) in [5, 5.41) is 17.3. The molecule has 3 heterocycles. The zero-order chi connectivity index (χ0) is 20.8. The van der Waals surface area contributed by atoms with E-state index in [4.69, 9.17) is 0 Å². The minimum absolute atomic E-state index is 0.128. The molecule has 8 nitrogen and oxygen atoms in total. The molecule has 1 aromatic carbocycles. The molecule has 1 atom stereocenters. The van der Waals surface area contributed by atoms with Gasteiger partial charge < -0.3 is 5.32 Å². The van der Waals surface area contributed by atoms with Gasteiger partial charge >= 0.3 is 12.2 Å². The van der Waals surface area contributed by atoms with Gasteiger partial charge in [-0.05, 0) is 64.0 Å². The van der Waals surface area contributed by atoms with E-state index in [2.05, 4.69) is 20.8 Å². The highest BCUT2D eigenvalue weighted by Crippen LogP contribution is 2.32. The number of hydrogen-bond donors (Lipinski definition) is 1. The number of tetrazole rings is 1. The summed E-state index contributed by atoms with van der Waals surface area (Å²) >= 11 is 1.40. The number of nitrogens with one attached hydrogen (secondary N) is 1. The van der Waals surface area contributed by atoms with E-state index in [0.717, 1.165) is 17.0 Å². The van der Waals surface area contributed by atoms with Gasteiger partial charge in [-0.15, -0.1) is 5.10 Å². The maximum Gasteiger partial charge on any atom is 0.416 e. The van der Waals surface area contributed by atoms with Crippen molar-refractivity contribution >= 4 is 23.3 Å². The Morgan fingerprint density at radius 1 is 1.17 bits per heavy atom. The highest BCUT2D eigenvalue weighted by molar-refractivity contribution is 7.08. The van der Waals surface area contributed by atoms with Gasteiger partial charge in [-0.3, -0.25) is 9.69 Å². The number of imide groups is 1. The molecule has 1 saturated heterocycles. The Labute approximate surface area is 165 Å². The molecule has 1 aliphatic rings. The molecule has 150 valence electrons. The zero-order valence-electron chi connectivity index (χ0n) is 14.8. The summed E-state index contributed by atoms with van der Waals surface area (Å²) in [5.41, 5.74) is -1.09. The lowest BCUT2D eigenvalue weighted by Gasteiger charge is -2.20. The van der Waals surface area contributed by atoms with Gasteiger partial charge in [0.1, 0.15) is 5.54 Å². The molecule has 29 heavy (non-hydrogen) atoms. The second-order valence-electron chi connectivity index (χ2n) is 6.51. The lowest BCUT2D eigenvalue weighted by Crippen LogP contribution is -2.40. The Balaban J connectivity index is 1.60. The van der Waals surface area contributed by atoms with Crippen LogP contribution in [0.25, 0.3) is 5.69 Å². The van der Waals surface area contributed by atoms with Crippen molar-refractivity contribution in [1.29, 1.82) is 0 Å². The maximum atomic E-state index is 12.9. The molecule has 4 rings (SSSR count). The molecule has 0 aliphatic carbocycles. The van der Waals surface area contributed by atoms with Gasteiger partial charge in [0.2, 0.25) is 0 Å². The summed E-state index contributed by atoms with van der Waals surface area (Å²) in [7, 11) is 0. The summed E-state index contributed by atoms with van der Waals surface area (Å²) in [6, 6.07) is 5.38. The highest BCUT2D eigenvalue weighted by atomic mass is 32.1. The highest BCUT2D eigenvalue weighted by Gasteiger charge is 2.49. The van der Waals surface area contributed by atoms with Crippen LogP contribution in [0.2, 0.25) is 0 Å². The fourth-order valence-corrected chi connectivity index (χ4v) is 3.79. The first kappa shape index (κ1) is 19.1. The van der Waals surface area contributed by atoms with Crippen molar-refractivity contribution < 1.29 is 22.8 Å². The topological polar surface area (TPSA) is 93.0 Å². The fourth-order valence-electron chi connectivity index (χ4n) is 3.02. The second kappa shape index (κ2) is 6.65. The molecule has 0 bridgehead atoms. The van der Waals surface area contributed by atoms with Crippen molar-refractivity contribution in [2.24, 2.45) is 0 Å². The van der Waals surface area contributed by atoms with E-state index in [9.17, 15) is 22.8 Å². The van der Waals surface area contributed by atoms with Crippen LogP contribution in [-0.4, -0.2) is 37.0 Å². The lowest BCUT2D eigenvalue weighted by atomic mass is 9.95. The third-order valence-corrected chi connectivity index (χ3v) is 5.33. The molecule has 1 N–H and O–H groups in total. The van der Waals surface area contributed by atoms with Crippen molar-refractivity contribution in [3.63, 3.8) is 0 Å². The van der Waals surface area contributed by atoms with Gasteiger partial charge in [0.25, 0.3) is 5.91 Å². The molecule has 1 aliphatic heterocycles. The van der Waals surface area contributed by atoms with Crippen LogP contribution in [0.4, 0.5) is 18.0 Å². The van der Waals surface area contributed by atoms with E-state index >= 15 is 0 Å². The van der Waals surface area contributed by atoms with Crippen LogP contribution in [-0.2, 0) is 23.1 Å². The Morgan fingerprint density at radius 3 is 2.52 bits per heavy atom. The predicted molar refractivity (Wildman–Crippen MR) is 94.9 cm³/mol. The molecule has 3 amide bonds. The van der Waals surface area contributed by atoms with Gasteiger partial charge in [0.05, 0.1) is 17.8 Å². The van der Waals surface area contributed by atoms with Gasteiger partial charge in [-0.25, -0.2) is 4.79 Å². The van der Waals surface area contributed by atoms with Crippen molar-refractivity contribution in [3.05, 3.63) is 58.0 Å². The number of halogens is 3. The van der Waals surface area contributed by atoms with Crippen LogP contribution in [0.1, 0.15) is 23.9 Å². The van der Waals surface area contributed by atoms with Crippen LogP contribution in [0.15, 0.2) is 41.1 Å². The first-order valence-electron chi connectivity index (χ1n) is 8.32. The number of aromatic nitrogens is 4. The smallest absolute Gasteiger partial charge is 0.319 e. The Bertz CT molecular complexity index is 1060. The molecule has 12 heteroatoms. The number of benzene rings is 1. The molecule has 2 aromatic heterocycles. The minimum Gasteiger partial charge on any atom is -0.319 e. The van der Waals surface area contributed by atoms with Gasteiger partial charge in [0.15, 0.2) is 5.82 Å². The standard InChI is InChI=1S/C17H13F3N6O2S/c1-16(11-6-7-29-9-11)14(27)25(15(28)21-16)8-13-22-23-24-26(13)12-4-2-10(3-5-12)17(18,19)20/h2-7,9H,8H2,1H3,(H,21,28). The molecule has 0 spiro atoms. The number of nitrogens with zero attached hydrogens (tertiary/aromatic N) is 5. The molecular weight excluding hydrogens is 409 g/mol. The van der Waals surface area contributed by atoms with E-state index < -0.39 is 29.2 Å². The van der Waals surface area contributed by atoms with E-state index in [1.807, 2.05) is 0 Å². The molecule has 1 unspecified atom stereocenters. The number of carbonyl (C=O) groups is 2. The van der Waals surface area contributed by atoms with E-state index in [0.29, 0.717) is 5.56 Å². The number of amides is 3. The first-order valence-corrected chi connectivity index (χ1v) is 9.26. The van der Waals surface area contributed by atoms with Gasteiger partial charge in [-0.1, -0.05) is 0 Å². The maximum absolute atomic E-state index is 12.9. The van der Waals surface area contributed by atoms with E-state index in [-0.39, 0.29) is 18.1 Å².